The van der Waals surface area contributed by atoms with E-state index in [0.717, 1.165) is 23.2 Å². The van der Waals surface area contributed by atoms with Crippen molar-refractivity contribution in [1.82, 2.24) is 14.3 Å². The zero-order valence-corrected chi connectivity index (χ0v) is 18.6. The summed E-state index contributed by atoms with van der Waals surface area (Å²) in [6, 6.07) is 11.4. The maximum absolute atomic E-state index is 13.3. The first-order valence-corrected chi connectivity index (χ1v) is 10.9. The average Bonchev–Trinajstić information content (AvgIpc) is 3.16. The number of nitrogens with zero attached hydrogens (tertiary/aromatic N) is 3. The molecule has 7 heteroatoms. The molecule has 1 amide bonds. The second-order valence-corrected chi connectivity index (χ2v) is 8.67. The number of ether oxygens (including phenoxy) is 1. The zero-order chi connectivity index (χ0) is 22.0. The van der Waals surface area contributed by atoms with E-state index in [-0.39, 0.29) is 11.9 Å². The summed E-state index contributed by atoms with van der Waals surface area (Å²) in [5.41, 5.74) is 2.35. The van der Waals surface area contributed by atoms with Gasteiger partial charge in [-0.15, -0.1) is 0 Å². The van der Waals surface area contributed by atoms with E-state index in [4.69, 9.17) is 16.3 Å². The van der Waals surface area contributed by atoms with E-state index in [1.54, 1.807) is 18.0 Å². The molecule has 1 atom stereocenters. The van der Waals surface area contributed by atoms with Crippen molar-refractivity contribution in [1.29, 1.82) is 0 Å². The molecule has 0 N–H and O–H groups in total. The number of benzene rings is 1. The Bertz CT molecular complexity index is 1130. The van der Waals surface area contributed by atoms with Crippen LogP contribution in [0.4, 0.5) is 0 Å². The van der Waals surface area contributed by atoms with Crippen molar-refractivity contribution in [3.8, 4) is 0 Å². The molecule has 1 saturated heterocycles. The minimum atomic E-state index is -0.801. The lowest BCUT2D eigenvalue weighted by Gasteiger charge is -2.41. The van der Waals surface area contributed by atoms with Gasteiger partial charge in [0.2, 0.25) is 0 Å². The van der Waals surface area contributed by atoms with Crippen LogP contribution in [0.2, 0.25) is 5.02 Å². The largest absolute Gasteiger partial charge is 0.466 e. The number of halogens is 1. The van der Waals surface area contributed by atoms with Gasteiger partial charge in [0.05, 0.1) is 12.0 Å². The summed E-state index contributed by atoms with van der Waals surface area (Å²) in [6.45, 7) is 4.98. The van der Waals surface area contributed by atoms with Crippen LogP contribution in [0.1, 0.15) is 41.4 Å². The Kier molecular flexibility index (Phi) is 6.01. The Morgan fingerprint density at radius 3 is 2.84 bits per heavy atom. The van der Waals surface area contributed by atoms with E-state index in [2.05, 4.69) is 4.98 Å². The van der Waals surface area contributed by atoms with Gasteiger partial charge in [0.1, 0.15) is 11.3 Å². The number of hydrogen-bond donors (Lipinski definition) is 0. The molecule has 0 bridgehead atoms. The van der Waals surface area contributed by atoms with Crippen LogP contribution in [0.25, 0.3) is 5.65 Å². The van der Waals surface area contributed by atoms with Gasteiger partial charge in [-0.25, -0.2) is 4.98 Å². The summed E-state index contributed by atoms with van der Waals surface area (Å²) in [7, 11) is 0. The second kappa shape index (κ2) is 8.71. The number of hydrogen-bond acceptors (Lipinski definition) is 4. The van der Waals surface area contributed by atoms with E-state index in [0.29, 0.717) is 43.3 Å². The fraction of sp³-hybridized carbons (Fsp3) is 0.375. The molecule has 0 spiro atoms. The first-order valence-electron chi connectivity index (χ1n) is 10.6. The molecule has 1 aliphatic rings. The number of aryl methyl sites for hydroxylation is 1. The number of amides is 1. The molecule has 3 heterocycles. The molecule has 2 aromatic heterocycles. The van der Waals surface area contributed by atoms with Crippen LogP contribution in [0, 0.1) is 12.3 Å². The number of carbonyl (C=O) groups excluding carboxylic acids is 2. The molecule has 6 nitrogen and oxygen atoms in total. The molecule has 0 aliphatic carbocycles. The van der Waals surface area contributed by atoms with Gasteiger partial charge in [-0.05, 0) is 62.4 Å². The van der Waals surface area contributed by atoms with Gasteiger partial charge < -0.3 is 14.0 Å². The standard InChI is InChI=1S/C24H26ClN3O3/c1-3-31-23(30)24(13-18-6-4-7-19(25)12-18)10-5-11-27(16-24)22(29)20-15-28-14-17(2)8-9-21(28)26-20/h4,6-9,12,14-15H,3,5,10-11,13,16H2,1-2H3/t24-/m1/s1. The molecular weight excluding hydrogens is 414 g/mol. The summed E-state index contributed by atoms with van der Waals surface area (Å²) in [5, 5.41) is 0.625. The van der Waals surface area contributed by atoms with E-state index in [1.165, 1.54) is 0 Å². The quantitative estimate of drug-likeness (QED) is 0.555. The lowest BCUT2D eigenvalue weighted by atomic mass is 9.75. The maximum Gasteiger partial charge on any atom is 0.314 e. The normalized spacial score (nSPS) is 18.9. The van der Waals surface area contributed by atoms with Crippen LogP contribution in [0.15, 0.2) is 48.8 Å². The fourth-order valence-corrected chi connectivity index (χ4v) is 4.59. The third kappa shape index (κ3) is 4.44. The Balaban J connectivity index is 1.62. The smallest absolute Gasteiger partial charge is 0.314 e. The van der Waals surface area contributed by atoms with Gasteiger partial charge in [0, 0.05) is 30.5 Å². The van der Waals surface area contributed by atoms with Crippen LogP contribution >= 0.6 is 11.6 Å². The lowest BCUT2D eigenvalue weighted by Crippen LogP contribution is -2.51. The van der Waals surface area contributed by atoms with E-state index in [1.807, 2.05) is 53.9 Å². The van der Waals surface area contributed by atoms with Gasteiger partial charge in [0.15, 0.2) is 0 Å². The highest BCUT2D eigenvalue weighted by Crippen LogP contribution is 2.36. The van der Waals surface area contributed by atoms with Crippen molar-refractivity contribution in [2.75, 3.05) is 19.7 Å². The lowest BCUT2D eigenvalue weighted by molar-refractivity contribution is -0.158. The van der Waals surface area contributed by atoms with Crippen molar-refractivity contribution in [3.05, 3.63) is 70.6 Å². The third-order valence-corrected chi connectivity index (χ3v) is 6.06. The molecule has 1 fully saturated rings. The van der Waals surface area contributed by atoms with Crippen molar-refractivity contribution >= 4 is 29.1 Å². The maximum atomic E-state index is 13.3. The SMILES string of the molecule is CCOC(=O)[C@@]1(Cc2cccc(Cl)c2)CCCN(C(=O)c2cn3cc(C)ccc3n2)C1. The molecule has 162 valence electrons. The number of esters is 1. The number of carbonyl (C=O) groups is 2. The molecule has 1 aromatic carbocycles. The predicted molar refractivity (Wildman–Crippen MR) is 119 cm³/mol. The number of fused-ring (bicyclic) bond motifs is 1. The summed E-state index contributed by atoms with van der Waals surface area (Å²) in [6.07, 6.45) is 5.55. The zero-order valence-electron chi connectivity index (χ0n) is 17.8. The summed E-state index contributed by atoms with van der Waals surface area (Å²) < 4.78 is 7.31. The molecule has 3 aromatic rings. The highest BCUT2D eigenvalue weighted by Gasteiger charge is 2.45. The number of rotatable bonds is 5. The first-order chi connectivity index (χ1) is 14.9. The van der Waals surface area contributed by atoms with Crippen LogP contribution in [-0.2, 0) is 16.0 Å². The number of pyridine rings is 1. The third-order valence-electron chi connectivity index (χ3n) is 5.82. The summed E-state index contributed by atoms with van der Waals surface area (Å²) in [5.74, 6) is -0.432. The van der Waals surface area contributed by atoms with Gasteiger partial charge in [0.25, 0.3) is 5.91 Å². The van der Waals surface area contributed by atoms with Gasteiger partial charge >= 0.3 is 5.97 Å². The van der Waals surface area contributed by atoms with Crippen molar-refractivity contribution < 1.29 is 14.3 Å². The summed E-state index contributed by atoms with van der Waals surface area (Å²) in [4.78, 5) is 32.6. The Hall–Kier alpha value is -2.86. The minimum Gasteiger partial charge on any atom is -0.466 e. The van der Waals surface area contributed by atoms with Crippen molar-refractivity contribution in [3.63, 3.8) is 0 Å². The van der Waals surface area contributed by atoms with Crippen molar-refractivity contribution in [2.24, 2.45) is 5.41 Å². The molecule has 1 aliphatic heterocycles. The highest BCUT2D eigenvalue weighted by molar-refractivity contribution is 6.30. The van der Waals surface area contributed by atoms with E-state index >= 15 is 0 Å². The fourth-order valence-electron chi connectivity index (χ4n) is 4.38. The van der Waals surface area contributed by atoms with Gasteiger partial charge in [-0.2, -0.15) is 0 Å². The van der Waals surface area contributed by atoms with Gasteiger partial charge in [-0.3, -0.25) is 9.59 Å². The van der Waals surface area contributed by atoms with Crippen molar-refractivity contribution in [2.45, 2.75) is 33.1 Å². The number of aromatic nitrogens is 2. The molecule has 4 rings (SSSR count). The topological polar surface area (TPSA) is 63.9 Å². The van der Waals surface area contributed by atoms with Crippen LogP contribution in [0.3, 0.4) is 0 Å². The monoisotopic (exact) mass is 439 g/mol. The van der Waals surface area contributed by atoms with E-state index < -0.39 is 5.41 Å². The predicted octanol–water partition coefficient (Wildman–Crippen LogP) is 4.32. The first kappa shape index (κ1) is 21.4. The Morgan fingerprint density at radius 1 is 1.23 bits per heavy atom. The van der Waals surface area contributed by atoms with Crippen LogP contribution in [0.5, 0.6) is 0 Å². The summed E-state index contributed by atoms with van der Waals surface area (Å²) >= 11 is 6.17. The second-order valence-electron chi connectivity index (χ2n) is 8.24. The molecule has 31 heavy (non-hydrogen) atoms. The number of piperidine rings is 1. The van der Waals surface area contributed by atoms with Crippen LogP contribution < -0.4 is 0 Å². The Morgan fingerprint density at radius 2 is 2.06 bits per heavy atom. The number of likely N-dealkylation sites (tertiary alicyclic amines) is 1. The molecule has 0 unspecified atom stereocenters. The molecule has 0 radical (unpaired) electrons. The van der Waals surface area contributed by atoms with E-state index in [9.17, 15) is 9.59 Å². The highest BCUT2D eigenvalue weighted by atomic mass is 35.5. The van der Waals surface area contributed by atoms with Crippen LogP contribution in [-0.4, -0.2) is 45.9 Å². The molecule has 0 saturated carbocycles. The molecular formula is C24H26ClN3O3. The number of imidazole rings is 1. The van der Waals surface area contributed by atoms with Gasteiger partial charge in [-0.1, -0.05) is 29.8 Å². The Labute approximate surface area is 186 Å². The average molecular weight is 440 g/mol. The minimum absolute atomic E-state index is 0.166.